The minimum Gasteiger partial charge on any atom is -0.385 e. The van der Waals surface area contributed by atoms with E-state index in [9.17, 15) is 0 Å². The number of hydrogen-bond acceptors (Lipinski definition) is 4. The van der Waals surface area contributed by atoms with Crippen LogP contribution in [0.1, 0.15) is 26.0 Å². The Kier molecular flexibility index (Phi) is 6.87. The minimum absolute atomic E-state index is 0.572. The smallest absolute Gasteiger partial charge is 0.203 e. The standard InChI is InChI=1S/C14H28N4O/c1-12(2)17(4)8-9-18-11-13(3)16-14(18)15-7-6-10-19-5/h11-12H,6-10H2,1-5H3,(H,15,16). The van der Waals surface area contributed by atoms with Crippen LogP contribution in [0.4, 0.5) is 5.95 Å². The molecule has 1 aromatic heterocycles. The molecular weight excluding hydrogens is 240 g/mol. The van der Waals surface area contributed by atoms with Gasteiger partial charge < -0.3 is 19.5 Å². The second kappa shape index (κ2) is 8.17. The predicted molar refractivity (Wildman–Crippen MR) is 79.7 cm³/mol. The maximum absolute atomic E-state index is 5.05. The van der Waals surface area contributed by atoms with Crippen LogP contribution in [0.15, 0.2) is 6.20 Å². The fourth-order valence-corrected chi connectivity index (χ4v) is 1.80. The minimum atomic E-state index is 0.572. The van der Waals surface area contributed by atoms with Crippen LogP contribution < -0.4 is 5.32 Å². The molecule has 1 N–H and O–H groups in total. The van der Waals surface area contributed by atoms with E-state index in [-0.39, 0.29) is 0 Å². The van der Waals surface area contributed by atoms with E-state index in [0.29, 0.717) is 6.04 Å². The highest BCUT2D eigenvalue weighted by Gasteiger charge is 2.07. The molecule has 0 saturated carbocycles. The average molecular weight is 268 g/mol. The number of aryl methyl sites for hydroxylation is 1. The first-order valence-electron chi connectivity index (χ1n) is 7.01. The Labute approximate surface area is 117 Å². The molecule has 0 aliphatic carbocycles. The third kappa shape index (κ3) is 5.61. The third-order valence-corrected chi connectivity index (χ3v) is 3.28. The lowest BCUT2D eigenvalue weighted by Gasteiger charge is -2.21. The molecule has 0 bridgehead atoms. The van der Waals surface area contributed by atoms with Gasteiger partial charge in [0.25, 0.3) is 0 Å². The van der Waals surface area contributed by atoms with Gasteiger partial charge in [-0.1, -0.05) is 0 Å². The second-order valence-electron chi connectivity index (χ2n) is 5.25. The third-order valence-electron chi connectivity index (χ3n) is 3.28. The van der Waals surface area contributed by atoms with Gasteiger partial charge in [-0.2, -0.15) is 0 Å². The number of rotatable bonds is 9. The maximum atomic E-state index is 5.05. The summed E-state index contributed by atoms with van der Waals surface area (Å²) in [7, 11) is 3.88. The van der Waals surface area contributed by atoms with Crippen molar-refractivity contribution in [3.05, 3.63) is 11.9 Å². The van der Waals surface area contributed by atoms with Gasteiger partial charge in [-0.05, 0) is 34.2 Å². The molecule has 0 unspecified atom stereocenters. The maximum Gasteiger partial charge on any atom is 0.203 e. The van der Waals surface area contributed by atoms with E-state index in [2.05, 4.69) is 46.9 Å². The molecule has 0 aromatic carbocycles. The number of methoxy groups -OCH3 is 1. The van der Waals surface area contributed by atoms with Gasteiger partial charge in [0.1, 0.15) is 0 Å². The Morgan fingerprint density at radius 3 is 2.84 bits per heavy atom. The van der Waals surface area contributed by atoms with Gasteiger partial charge in [-0.15, -0.1) is 0 Å². The van der Waals surface area contributed by atoms with Crippen LogP contribution in [0.25, 0.3) is 0 Å². The van der Waals surface area contributed by atoms with Crippen molar-refractivity contribution in [2.24, 2.45) is 0 Å². The number of nitrogens with zero attached hydrogens (tertiary/aromatic N) is 3. The van der Waals surface area contributed by atoms with E-state index in [1.807, 2.05) is 6.92 Å². The lowest BCUT2D eigenvalue weighted by atomic mass is 10.3. The van der Waals surface area contributed by atoms with Crippen molar-refractivity contribution in [2.75, 3.05) is 39.2 Å². The number of likely N-dealkylation sites (N-methyl/N-ethyl adjacent to an activating group) is 1. The number of aromatic nitrogens is 2. The number of nitrogens with one attached hydrogen (secondary N) is 1. The molecule has 110 valence electrons. The molecule has 19 heavy (non-hydrogen) atoms. The first kappa shape index (κ1) is 16.0. The predicted octanol–water partition coefficient (Wildman–Crippen LogP) is 1.98. The molecule has 1 rings (SSSR count). The van der Waals surface area contributed by atoms with Crippen LogP contribution in [0.2, 0.25) is 0 Å². The van der Waals surface area contributed by atoms with Crippen LogP contribution in [0.5, 0.6) is 0 Å². The summed E-state index contributed by atoms with van der Waals surface area (Å²) < 4.78 is 7.24. The molecule has 0 amide bonds. The quantitative estimate of drug-likeness (QED) is 0.695. The van der Waals surface area contributed by atoms with E-state index in [4.69, 9.17) is 4.74 Å². The molecule has 5 heteroatoms. The summed E-state index contributed by atoms with van der Waals surface area (Å²) in [4.78, 5) is 6.86. The fourth-order valence-electron chi connectivity index (χ4n) is 1.80. The zero-order valence-electron chi connectivity index (χ0n) is 12.9. The van der Waals surface area contributed by atoms with Gasteiger partial charge in [-0.3, -0.25) is 0 Å². The van der Waals surface area contributed by atoms with E-state index >= 15 is 0 Å². The van der Waals surface area contributed by atoms with E-state index < -0.39 is 0 Å². The van der Waals surface area contributed by atoms with Gasteiger partial charge in [0, 0.05) is 45.6 Å². The largest absolute Gasteiger partial charge is 0.385 e. The molecule has 0 atom stereocenters. The Balaban J connectivity index is 2.48. The van der Waals surface area contributed by atoms with Gasteiger partial charge >= 0.3 is 0 Å². The molecule has 0 aliphatic heterocycles. The summed E-state index contributed by atoms with van der Waals surface area (Å²) in [5.41, 5.74) is 1.06. The molecular formula is C14H28N4O. The first-order chi connectivity index (χ1) is 9.04. The summed E-state index contributed by atoms with van der Waals surface area (Å²) in [6.07, 6.45) is 3.10. The summed E-state index contributed by atoms with van der Waals surface area (Å²) in [6.45, 7) is 10.1. The monoisotopic (exact) mass is 268 g/mol. The van der Waals surface area contributed by atoms with Crippen molar-refractivity contribution in [3.8, 4) is 0 Å². The van der Waals surface area contributed by atoms with Crippen molar-refractivity contribution in [2.45, 2.75) is 39.8 Å². The Bertz CT molecular complexity index is 362. The number of ether oxygens (including phenoxy) is 1. The molecule has 0 radical (unpaired) electrons. The highest BCUT2D eigenvalue weighted by atomic mass is 16.5. The average Bonchev–Trinajstić information content (AvgIpc) is 2.72. The normalized spacial score (nSPS) is 11.5. The molecule has 1 heterocycles. The van der Waals surface area contributed by atoms with Crippen molar-refractivity contribution in [1.29, 1.82) is 0 Å². The van der Waals surface area contributed by atoms with Crippen molar-refractivity contribution >= 4 is 5.95 Å². The molecule has 0 fully saturated rings. The highest BCUT2D eigenvalue weighted by Crippen LogP contribution is 2.09. The topological polar surface area (TPSA) is 42.3 Å². The first-order valence-corrected chi connectivity index (χ1v) is 7.01. The highest BCUT2D eigenvalue weighted by molar-refractivity contribution is 5.28. The lowest BCUT2D eigenvalue weighted by molar-refractivity contribution is 0.197. The number of hydrogen-bond donors (Lipinski definition) is 1. The number of anilines is 1. The summed E-state index contributed by atoms with van der Waals surface area (Å²) in [5.74, 6) is 0.964. The van der Waals surface area contributed by atoms with Crippen LogP contribution in [0, 0.1) is 6.92 Å². The van der Waals surface area contributed by atoms with Crippen molar-refractivity contribution in [3.63, 3.8) is 0 Å². The van der Waals surface area contributed by atoms with E-state index in [1.165, 1.54) is 0 Å². The molecule has 0 saturated heterocycles. The second-order valence-corrected chi connectivity index (χ2v) is 5.25. The van der Waals surface area contributed by atoms with Crippen molar-refractivity contribution in [1.82, 2.24) is 14.5 Å². The Hall–Kier alpha value is -1.07. The number of imidazole rings is 1. The Morgan fingerprint density at radius 1 is 1.47 bits per heavy atom. The molecule has 1 aromatic rings. The van der Waals surface area contributed by atoms with Gasteiger partial charge in [0.2, 0.25) is 5.95 Å². The van der Waals surface area contributed by atoms with Gasteiger partial charge in [0.15, 0.2) is 0 Å². The van der Waals surface area contributed by atoms with Gasteiger partial charge in [-0.25, -0.2) is 4.98 Å². The molecule has 0 aliphatic rings. The molecule has 5 nitrogen and oxygen atoms in total. The summed E-state index contributed by atoms with van der Waals surface area (Å²) >= 11 is 0. The summed E-state index contributed by atoms with van der Waals surface area (Å²) in [6, 6.07) is 0.572. The lowest BCUT2D eigenvalue weighted by Crippen LogP contribution is -2.29. The fraction of sp³-hybridized carbons (Fsp3) is 0.786. The van der Waals surface area contributed by atoms with E-state index in [1.54, 1.807) is 7.11 Å². The van der Waals surface area contributed by atoms with Crippen LogP contribution >= 0.6 is 0 Å². The summed E-state index contributed by atoms with van der Waals surface area (Å²) in [5, 5.41) is 3.38. The zero-order valence-corrected chi connectivity index (χ0v) is 12.9. The van der Waals surface area contributed by atoms with Crippen LogP contribution in [0.3, 0.4) is 0 Å². The SMILES string of the molecule is COCCCNc1nc(C)cn1CCN(C)C(C)C. The Morgan fingerprint density at radius 2 is 2.21 bits per heavy atom. The van der Waals surface area contributed by atoms with Crippen molar-refractivity contribution < 1.29 is 4.74 Å². The van der Waals surface area contributed by atoms with E-state index in [0.717, 1.165) is 44.3 Å². The van der Waals surface area contributed by atoms with Crippen LogP contribution in [-0.2, 0) is 11.3 Å². The van der Waals surface area contributed by atoms with Crippen LogP contribution in [-0.4, -0.2) is 54.3 Å². The molecule has 0 spiro atoms. The zero-order chi connectivity index (χ0) is 14.3. The van der Waals surface area contributed by atoms with Gasteiger partial charge in [0.05, 0.1) is 5.69 Å².